The van der Waals surface area contributed by atoms with Gasteiger partial charge in [0.1, 0.15) is 23.2 Å². The van der Waals surface area contributed by atoms with Crippen molar-refractivity contribution < 1.29 is 63.1 Å². The summed E-state index contributed by atoms with van der Waals surface area (Å²) in [4.78, 5) is 48.4. The number of hydrogen-bond donors (Lipinski definition) is 8. The first-order valence-electron chi connectivity index (χ1n) is 27.6. The number of nitrogens with two attached hydrogens (primary N) is 1. The number of aliphatic hydroxyl groups excluding tert-OH is 2. The molecule has 5 heterocycles. The quantitative estimate of drug-likeness (QED) is 0.0149. The molecule has 96 heavy (non-hydrogen) atoms. The van der Waals surface area contributed by atoms with E-state index >= 15 is 0 Å². The van der Waals surface area contributed by atoms with Crippen molar-refractivity contribution >= 4 is 133 Å². The number of carbonyl (C=O) groups is 1. The van der Waals surface area contributed by atoms with E-state index in [2.05, 4.69) is 46.0 Å². The van der Waals surface area contributed by atoms with E-state index in [1.54, 1.807) is 90.9 Å². The van der Waals surface area contributed by atoms with Gasteiger partial charge in [-0.3, -0.25) is 44.3 Å². The van der Waals surface area contributed by atoms with Gasteiger partial charge in [-0.1, -0.05) is 152 Å². The van der Waals surface area contributed by atoms with E-state index in [0.717, 1.165) is 40.0 Å². The monoisotopic (exact) mass is 1430 g/mol. The number of aliphatic hydroxyl groups is 2. The van der Waals surface area contributed by atoms with Gasteiger partial charge < -0.3 is 15.9 Å². The summed E-state index contributed by atoms with van der Waals surface area (Å²) in [6, 6.07) is 56.2. The molecule has 3 unspecified atom stereocenters. The van der Waals surface area contributed by atoms with Crippen LogP contribution in [0.1, 0.15) is 62.0 Å². The van der Waals surface area contributed by atoms with E-state index in [-0.39, 0.29) is 39.6 Å². The smallest absolute Gasteiger partial charge is 0.333 e. The van der Waals surface area contributed by atoms with E-state index in [9.17, 15) is 68.9 Å². The van der Waals surface area contributed by atoms with Crippen LogP contribution in [0.15, 0.2) is 213 Å². The maximum absolute atomic E-state index is 12.6. The van der Waals surface area contributed by atoms with Crippen LogP contribution in [-0.2, 0) is 39.0 Å². The van der Waals surface area contributed by atoms with Gasteiger partial charge in [0, 0.05) is 107 Å². The predicted octanol–water partition coefficient (Wildman–Crippen LogP) is 9.39. The van der Waals surface area contributed by atoms with Gasteiger partial charge in [0.15, 0.2) is 6.29 Å². The molecule has 11 aromatic rings. The van der Waals surface area contributed by atoms with Crippen LogP contribution in [0, 0.1) is 20.2 Å². The molecule has 4 aromatic heterocycles. The first-order valence-corrected chi connectivity index (χ1v) is 35.1. The fraction of sp³-hybridized carbons (Fsp3) is 0.113. The van der Waals surface area contributed by atoms with Crippen molar-refractivity contribution in [2.45, 2.75) is 18.2 Å². The zero-order valence-corrected chi connectivity index (χ0v) is 55.5. The topological polar surface area (TPSA) is 430 Å². The molecule has 12 rings (SSSR count). The number of nitrogens with one attached hydrogen (secondary N) is 4. The Morgan fingerprint density at radius 2 is 0.917 bits per heavy atom. The predicted molar refractivity (Wildman–Crippen MR) is 368 cm³/mol. The third kappa shape index (κ3) is 20.7. The minimum Gasteiger partial charge on any atom is -0.397 e. The number of rotatable bonds is 11. The molecule has 9 N–H and O–H groups in total. The highest BCUT2D eigenvalue weighted by Crippen LogP contribution is 2.42. The highest BCUT2D eigenvalue weighted by molar-refractivity contribution is 8.12. The molecule has 0 aliphatic carbocycles. The lowest BCUT2D eigenvalue weighted by molar-refractivity contribution is -0.384. The minimum absolute atomic E-state index is 0.0474. The normalized spacial score (nSPS) is 13.7. The van der Waals surface area contributed by atoms with Crippen LogP contribution in [0.2, 0.25) is 0 Å². The molecule has 34 heteroatoms. The van der Waals surface area contributed by atoms with Crippen molar-refractivity contribution in [3.8, 4) is 0 Å². The Morgan fingerprint density at radius 1 is 0.552 bits per heavy atom. The molecular weight excluding hydrogens is 1370 g/mol. The number of fused-ring (bicyclic) bond motifs is 6. The Kier molecular flexibility index (Phi) is 26.8. The summed E-state index contributed by atoms with van der Waals surface area (Å²) >= 11 is 0. The molecule has 3 atom stereocenters. The van der Waals surface area contributed by atoms with Gasteiger partial charge in [-0.05, 0) is 53.1 Å². The highest BCUT2D eigenvalue weighted by atomic mass is 35.7. The Bertz CT molecular complexity index is 4940. The summed E-state index contributed by atoms with van der Waals surface area (Å²) in [7, 11) is -0.0685. The van der Waals surface area contributed by atoms with Gasteiger partial charge >= 0.3 is 31.9 Å². The first-order chi connectivity index (χ1) is 45.4. The first kappa shape index (κ1) is 75.4. The number of anilines is 2. The van der Waals surface area contributed by atoms with E-state index in [1.807, 2.05) is 125 Å². The van der Waals surface area contributed by atoms with Crippen LogP contribution in [0.5, 0.6) is 0 Å². The second kappa shape index (κ2) is 34.1. The molecule has 0 saturated carbocycles. The molecule has 0 saturated heterocycles. The number of nitrogen functional groups attached to an aromatic ring is 1. The van der Waals surface area contributed by atoms with Crippen LogP contribution in [0.25, 0.3) is 43.6 Å². The molecular formula is C62H60Cl2N12O16S4. The van der Waals surface area contributed by atoms with Crippen LogP contribution in [-0.4, -0.2) is 117 Å². The fourth-order valence-corrected chi connectivity index (χ4v) is 10.2. The summed E-state index contributed by atoms with van der Waals surface area (Å²) < 4.78 is 99.7. The zero-order valence-electron chi connectivity index (χ0n) is 50.8. The van der Waals surface area contributed by atoms with Crippen molar-refractivity contribution in [2.75, 3.05) is 38.6 Å². The van der Waals surface area contributed by atoms with E-state index < -0.39 is 61.0 Å². The number of halogens is 2. The zero-order chi connectivity index (χ0) is 70.5. The molecule has 502 valence electrons. The molecule has 28 nitrogen and oxygen atoms in total. The summed E-state index contributed by atoms with van der Waals surface area (Å²) in [6.07, 6.45) is 5.03. The third-order valence-electron chi connectivity index (χ3n) is 13.7. The number of pyridine rings is 4. The summed E-state index contributed by atoms with van der Waals surface area (Å²) in [5.41, 5.74) is 13.0. The van der Waals surface area contributed by atoms with Gasteiger partial charge in [0.25, 0.3) is 18.5 Å². The summed E-state index contributed by atoms with van der Waals surface area (Å²) in [5.74, 6) is 0. The number of benzene rings is 7. The average molecular weight is 1430 g/mol. The van der Waals surface area contributed by atoms with Crippen molar-refractivity contribution in [3.05, 3.63) is 272 Å². The second-order valence-electron chi connectivity index (χ2n) is 19.6. The number of carbonyl (C=O) groups excluding carboxylic acids is 1. The number of aromatic nitrogens is 4. The molecule has 0 bridgehead atoms. The molecule has 1 aliphatic heterocycles. The SMILES string of the molecule is CN1C(c2ccccc2)c2ccc3cccnc3c2NS1(=O)=O.CNS(=O)(=O)Cl.CNS(=O)(=O)Cl.CNS(=O)(=O)O.Nc1c(C(O)c2ccccc2)ccc2cccnc12.O=Cc1ccc2cccnc2c1[N+](=O)[O-].O=[N+]([O-])c1c(C(O)c2ccccc2)ccc2cccnc12. The van der Waals surface area contributed by atoms with Crippen LogP contribution < -0.4 is 24.6 Å². The average Bonchev–Trinajstić information content (AvgIpc) is 0.734. The third-order valence-corrected chi connectivity index (χ3v) is 17.5. The number of nitro groups is 2. The van der Waals surface area contributed by atoms with Crippen molar-refractivity contribution in [1.82, 2.24) is 38.4 Å². The lowest BCUT2D eigenvalue weighted by Crippen LogP contribution is -2.40. The van der Waals surface area contributed by atoms with Gasteiger partial charge in [-0.15, -0.1) is 0 Å². The Labute approximate surface area is 559 Å². The molecule has 1 aliphatic rings. The van der Waals surface area contributed by atoms with Gasteiger partial charge in [0.05, 0.1) is 49.4 Å². The number of nitrogens with zero attached hydrogens (tertiary/aromatic N) is 7. The lowest BCUT2D eigenvalue weighted by atomic mass is 9.96. The van der Waals surface area contributed by atoms with E-state index in [1.165, 1.54) is 36.9 Å². The Hall–Kier alpha value is -9.65. The summed E-state index contributed by atoms with van der Waals surface area (Å²) in [5, 5.41) is 46.3. The standard InChI is InChI=1S/C17H15N3O2S.C16H12N2O3.C16H14N2O.C10H6N2O3.2CH4ClNO2S.CH5NO3S/c1-20-17(13-6-3-2-4-7-13)14-10-9-12-8-5-11-18-15(12)16(14)19-23(20,21)22;19-16(12-5-2-1-3-6-12)13-9-8-11-7-4-10-17-14(11)15(13)18(20)21;17-14-13(16(19)12-5-2-1-3-6-12)9-8-11-7-4-10-18-15(11)14;13-6-8-4-3-7-2-1-5-11-9(7)10(8)12(14)15;2*1-3-6(2,4)5;1-2-6(3,4)5/h2-11,17,19H,1H3;1-10,16,19H;1-10,16,19H,17H2;1-6H;2*3H,1H3;2H,1H3,(H,3,4,5). The number of hydrogen-bond acceptors (Lipinski definition) is 20. The Balaban J connectivity index is 0.000000188. The molecule has 0 spiro atoms. The highest BCUT2D eigenvalue weighted by Gasteiger charge is 2.37. The largest absolute Gasteiger partial charge is 0.397 e. The van der Waals surface area contributed by atoms with Gasteiger partial charge in [-0.25, -0.2) is 19.4 Å². The molecule has 0 radical (unpaired) electrons. The van der Waals surface area contributed by atoms with Crippen molar-refractivity contribution in [2.24, 2.45) is 0 Å². The van der Waals surface area contributed by atoms with E-state index in [0.29, 0.717) is 45.1 Å². The molecule has 7 aromatic carbocycles. The van der Waals surface area contributed by atoms with Crippen molar-refractivity contribution in [3.63, 3.8) is 0 Å². The van der Waals surface area contributed by atoms with E-state index in [4.69, 9.17) is 10.3 Å². The van der Waals surface area contributed by atoms with Gasteiger partial charge in [0.2, 0.25) is 0 Å². The molecule has 0 fully saturated rings. The lowest BCUT2D eigenvalue weighted by Gasteiger charge is -2.35. The van der Waals surface area contributed by atoms with Crippen molar-refractivity contribution in [1.29, 1.82) is 0 Å². The molecule has 0 amide bonds. The van der Waals surface area contributed by atoms with Gasteiger partial charge in [-0.2, -0.15) is 42.7 Å². The van der Waals surface area contributed by atoms with Crippen LogP contribution >= 0.6 is 21.4 Å². The fourth-order valence-electron chi connectivity index (χ4n) is 9.10. The minimum atomic E-state index is -3.91. The maximum atomic E-state index is 12.6. The number of nitro benzene ring substituents is 2. The van der Waals surface area contributed by atoms with Crippen LogP contribution in [0.3, 0.4) is 0 Å². The summed E-state index contributed by atoms with van der Waals surface area (Å²) in [6.45, 7) is 0. The maximum Gasteiger partial charge on any atom is 0.333 e. The Morgan fingerprint density at radius 3 is 1.34 bits per heavy atom. The van der Waals surface area contributed by atoms with Crippen LogP contribution in [0.4, 0.5) is 22.7 Å². The number of aldehydes is 1. The second-order valence-corrected chi connectivity index (χ2v) is 27.7.